The summed E-state index contributed by atoms with van der Waals surface area (Å²) in [6.07, 6.45) is 4.23. The summed E-state index contributed by atoms with van der Waals surface area (Å²) in [4.78, 5) is 4.42. The van der Waals surface area contributed by atoms with E-state index < -0.39 is 0 Å². The zero-order valence-corrected chi connectivity index (χ0v) is 8.47. The van der Waals surface area contributed by atoms with E-state index in [1.807, 2.05) is 48.8 Å². The Kier molecular flexibility index (Phi) is 2.50. The molecule has 74 valence electrons. The highest BCUT2D eigenvalue weighted by Crippen LogP contribution is 2.06. The molecule has 0 fully saturated rings. The lowest BCUT2D eigenvalue weighted by atomic mass is 10.4. The SMILES string of the molecule is CC(C)OCc1cn2ccccc2n1. The first-order chi connectivity index (χ1) is 6.75. The summed E-state index contributed by atoms with van der Waals surface area (Å²) in [5.41, 5.74) is 1.94. The second-order valence-corrected chi connectivity index (χ2v) is 3.56. The van der Waals surface area contributed by atoms with E-state index in [4.69, 9.17) is 4.74 Å². The molecule has 3 heteroatoms. The second-order valence-electron chi connectivity index (χ2n) is 3.56. The molecule has 2 aromatic rings. The van der Waals surface area contributed by atoms with Crippen LogP contribution in [0.25, 0.3) is 5.65 Å². The fourth-order valence-corrected chi connectivity index (χ4v) is 1.31. The van der Waals surface area contributed by atoms with Crippen LogP contribution < -0.4 is 0 Å². The summed E-state index contributed by atoms with van der Waals surface area (Å²) >= 11 is 0. The molecule has 0 aliphatic carbocycles. The van der Waals surface area contributed by atoms with Gasteiger partial charge in [-0.15, -0.1) is 0 Å². The van der Waals surface area contributed by atoms with Gasteiger partial charge in [0.1, 0.15) is 5.65 Å². The molecule has 0 N–H and O–H groups in total. The van der Waals surface area contributed by atoms with Crippen LogP contribution in [-0.4, -0.2) is 15.5 Å². The van der Waals surface area contributed by atoms with Crippen LogP contribution in [0.15, 0.2) is 30.6 Å². The third-order valence-corrected chi connectivity index (χ3v) is 1.98. The molecule has 0 aliphatic heterocycles. The van der Waals surface area contributed by atoms with E-state index in [0.717, 1.165) is 11.3 Å². The molecule has 0 radical (unpaired) electrons. The van der Waals surface area contributed by atoms with Crippen LogP contribution in [0.1, 0.15) is 19.5 Å². The maximum Gasteiger partial charge on any atom is 0.137 e. The van der Waals surface area contributed by atoms with Gasteiger partial charge in [-0.05, 0) is 26.0 Å². The van der Waals surface area contributed by atoms with Gasteiger partial charge >= 0.3 is 0 Å². The van der Waals surface area contributed by atoms with Gasteiger partial charge in [0.25, 0.3) is 0 Å². The number of aromatic nitrogens is 2. The lowest BCUT2D eigenvalue weighted by molar-refractivity contribution is 0.0638. The summed E-state index contributed by atoms with van der Waals surface area (Å²) < 4.78 is 7.48. The van der Waals surface area contributed by atoms with Gasteiger partial charge in [-0.25, -0.2) is 4.98 Å². The van der Waals surface area contributed by atoms with Gasteiger partial charge < -0.3 is 9.14 Å². The van der Waals surface area contributed by atoms with E-state index in [-0.39, 0.29) is 6.10 Å². The van der Waals surface area contributed by atoms with Crippen molar-refractivity contribution in [3.05, 3.63) is 36.3 Å². The van der Waals surface area contributed by atoms with Crippen molar-refractivity contribution >= 4 is 5.65 Å². The highest BCUT2D eigenvalue weighted by molar-refractivity contribution is 5.39. The summed E-state index contributed by atoms with van der Waals surface area (Å²) in [5, 5.41) is 0. The van der Waals surface area contributed by atoms with Crippen molar-refractivity contribution in [2.45, 2.75) is 26.6 Å². The highest BCUT2D eigenvalue weighted by Gasteiger charge is 2.01. The molecule has 0 saturated heterocycles. The first kappa shape index (κ1) is 9.21. The van der Waals surface area contributed by atoms with Crippen LogP contribution in [0.2, 0.25) is 0 Å². The predicted octanol–water partition coefficient (Wildman–Crippen LogP) is 2.26. The molecule has 0 bridgehead atoms. The Labute approximate surface area is 83.3 Å². The highest BCUT2D eigenvalue weighted by atomic mass is 16.5. The van der Waals surface area contributed by atoms with Crippen molar-refractivity contribution in [2.24, 2.45) is 0 Å². The molecule has 0 atom stereocenters. The molecule has 0 aliphatic rings. The normalized spacial score (nSPS) is 11.4. The number of hydrogen-bond donors (Lipinski definition) is 0. The summed E-state index contributed by atoms with van der Waals surface area (Å²) in [6.45, 7) is 4.63. The average Bonchev–Trinajstić information content (AvgIpc) is 2.57. The van der Waals surface area contributed by atoms with E-state index in [2.05, 4.69) is 4.98 Å². The van der Waals surface area contributed by atoms with Gasteiger partial charge in [0.2, 0.25) is 0 Å². The van der Waals surface area contributed by atoms with Crippen molar-refractivity contribution in [1.82, 2.24) is 9.38 Å². The molecule has 2 aromatic heterocycles. The first-order valence-corrected chi connectivity index (χ1v) is 4.80. The summed E-state index contributed by atoms with van der Waals surface area (Å²) in [7, 11) is 0. The predicted molar refractivity (Wildman–Crippen MR) is 55.1 cm³/mol. The van der Waals surface area contributed by atoms with E-state index in [1.165, 1.54) is 0 Å². The van der Waals surface area contributed by atoms with E-state index >= 15 is 0 Å². The van der Waals surface area contributed by atoms with E-state index in [9.17, 15) is 0 Å². The molecule has 0 amide bonds. The van der Waals surface area contributed by atoms with Crippen molar-refractivity contribution < 1.29 is 4.74 Å². The van der Waals surface area contributed by atoms with Crippen molar-refractivity contribution in [3.63, 3.8) is 0 Å². The number of hydrogen-bond acceptors (Lipinski definition) is 2. The second kappa shape index (κ2) is 3.80. The number of pyridine rings is 1. The summed E-state index contributed by atoms with van der Waals surface area (Å²) in [6, 6.07) is 5.95. The van der Waals surface area contributed by atoms with Gasteiger partial charge in [0, 0.05) is 12.4 Å². The molecular weight excluding hydrogens is 176 g/mol. The molecule has 0 spiro atoms. The molecule has 0 unspecified atom stereocenters. The van der Waals surface area contributed by atoms with Gasteiger partial charge in [0.15, 0.2) is 0 Å². The molecule has 14 heavy (non-hydrogen) atoms. The maximum atomic E-state index is 5.48. The Hall–Kier alpha value is -1.35. The summed E-state index contributed by atoms with van der Waals surface area (Å²) in [5.74, 6) is 0. The smallest absolute Gasteiger partial charge is 0.137 e. The molecular formula is C11H14N2O. The number of ether oxygens (including phenoxy) is 1. The number of rotatable bonds is 3. The quantitative estimate of drug-likeness (QED) is 0.742. The van der Waals surface area contributed by atoms with Crippen molar-refractivity contribution in [3.8, 4) is 0 Å². The standard InChI is InChI=1S/C11H14N2O/c1-9(2)14-8-10-7-13-6-4-3-5-11(13)12-10/h3-7,9H,8H2,1-2H3. The Morgan fingerprint density at radius 2 is 2.29 bits per heavy atom. The molecule has 0 saturated carbocycles. The zero-order chi connectivity index (χ0) is 9.97. The van der Waals surface area contributed by atoms with Crippen molar-refractivity contribution in [1.29, 1.82) is 0 Å². The molecule has 3 nitrogen and oxygen atoms in total. The number of imidazole rings is 1. The lowest BCUT2D eigenvalue weighted by Gasteiger charge is -2.03. The van der Waals surface area contributed by atoms with Crippen LogP contribution in [-0.2, 0) is 11.3 Å². The van der Waals surface area contributed by atoms with Gasteiger partial charge in [-0.1, -0.05) is 6.07 Å². The van der Waals surface area contributed by atoms with Crippen LogP contribution in [0, 0.1) is 0 Å². The molecule has 2 rings (SSSR count). The fraction of sp³-hybridized carbons (Fsp3) is 0.364. The van der Waals surface area contributed by atoms with Crippen LogP contribution in [0.3, 0.4) is 0 Å². The zero-order valence-electron chi connectivity index (χ0n) is 8.47. The third kappa shape index (κ3) is 1.93. The Morgan fingerprint density at radius 3 is 3.00 bits per heavy atom. The lowest BCUT2D eigenvalue weighted by Crippen LogP contribution is -2.02. The maximum absolute atomic E-state index is 5.48. The third-order valence-electron chi connectivity index (χ3n) is 1.98. The van der Waals surface area contributed by atoms with Gasteiger partial charge in [0.05, 0.1) is 18.4 Å². The van der Waals surface area contributed by atoms with Crippen LogP contribution >= 0.6 is 0 Å². The monoisotopic (exact) mass is 190 g/mol. The minimum Gasteiger partial charge on any atom is -0.372 e. The topological polar surface area (TPSA) is 26.5 Å². The van der Waals surface area contributed by atoms with E-state index in [1.54, 1.807) is 0 Å². The molecule has 2 heterocycles. The number of nitrogens with zero attached hydrogens (tertiary/aromatic N) is 2. The van der Waals surface area contributed by atoms with Crippen LogP contribution in [0.5, 0.6) is 0 Å². The average molecular weight is 190 g/mol. The fourth-order valence-electron chi connectivity index (χ4n) is 1.31. The minimum absolute atomic E-state index is 0.250. The Bertz CT molecular complexity index is 387. The Balaban J connectivity index is 2.19. The van der Waals surface area contributed by atoms with E-state index in [0.29, 0.717) is 6.61 Å². The van der Waals surface area contributed by atoms with Gasteiger partial charge in [-0.3, -0.25) is 0 Å². The largest absolute Gasteiger partial charge is 0.372 e. The van der Waals surface area contributed by atoms with Gasteiger partial charge in [-0.2, -0.15) is 0 Å². The molecule has 0 aromatic carbocycles. The Morgan fingerprint density at radius 1 is 1.43 bits per heavy atom. The number of fused-ring (bicyclic) bond motifs is 1. The van der Waals surface area contributed by atoms with Crippen LogP contribution in [0.4, 0.5) is 0 Å². The first-order valence-electron chi connectivity index (χ1n) is 4.80. The van der Waals surface area contributed by atoms with Crippen molar-refractivity contribution in [2.75, 3.05) is 0 Å². The minimum atomic E-state index is 0.250.